The van der Waals surface area contributed by atoms with E-state index in [4.69, 9.17) is 11.6 Å². The normalized spacial score (nSPS) is 12.3. The summed E-state index contributed by atoms with van der Waals surface area (Å²) in [4.78, 5) is 8.21. The van der Waals surface area contributed by atoms with Gasteiger partial charge >= 0.3 is 0 Å². The molecule has 0 aliphatic heterocycles. The molecule has 1 aromatic carbocycles. The first-order chi connectivity index (χ1) is 9.70. The third-order valence-corrected chi connectivity index (χ3v) is 3.39. The predicted octanol–water partition coefficient (Wildman–Crippen LogP) is 3.55. The molecule has 1 aromatic heterocycles. The SMILES string of the molecule is CCCNC(Cc1ccc(F)cc1Cl)c1ccncn1. The molecule has 0 saturated heterocycles. The van der Waals surface area contributed by atoms with Gasteiger partial charge in [-0.15, -0.1) is 0 Å². The van der Waals surface area contributed by atoms with Crippen molar-refractivity contribution in [3.05, 3.63) is 58.9 Å². The zero-order valence-electron chi connectivity index (χ0n) is 11.3. The summed E-state index contributed by atoms with van der Waals surface area (Å²) in [7, 11) is 0. The van der Waals surface area contributed by atoms with E-state index in [1.54, 1.807) is 12.3 Å². The fourth-order valence-electron chi connectivity index (χ4n) is 2.01. The first-order valence-corrected chi connectivity index (χ1v) is 7.01. The van der Waals surface area contributed by atoms with Crippen molar-refractivity contribution in [3.8, 4) is 0 Å². The summed E-state index contributed by atoms with van der Waals surface area (Å²) in [5.41, 5.74) is 1.81. The lowest BCUT2D eigenvalue weighted by atomic mass is 10.0. The molecule has 0 aliphatic carbocycles. The van der Waals surface area contributed by atoms with Crippen LogP contribution in [-0.4, -0.2) is 16.5 Å². The topological polar surface area (TPSA) is 37.8 Å². The van der Waals surface area contributed by atoms with Crippen molar-refractivity contribution in [2.24, 2.45) is 0 Å². The Bertz CT molecular complexity index is 548. The average molecular weight is 294 g/mol. The quantitative estimate of drug-likeness (QED) is 0.885. The summed E-state index contributed by atoms with van der Waals surface area (Å²) >= 11 is 6.09. The van der Waals surface area contributed by atoms with Crippen LogP contribution in [-0.2, 0) is 6.42 Å². The highest BCUT2D eigenvalue weighted by Crippen LogP contribution is 2.23. The molecule has 0 amide bonds. The van der Waals surface area contributed by atoms with Gasteiger partial charge in [0.05, 0.1) is 11.7 Å². The van der Waals surface area contributed by atoms with Gasteiger partial charge in [0.1, 0.15) is 12.1 Å². The van der Waals surface area contributed by atoms with Crippen LogP contribution < -0.4 is 5.32 Å². The molecule has 2 aromatic rings. The second kappa shape index (κ2) is 7.31. The van der Waals surface area contributed by atoms with E-state index >= 15 is 0 Å². The zero-order chi connectivity index (χ0) is 14.4. The van der Waals surface area contributed by atoms with Crippen LogP contribution in [0.2, 0.25) is 5.02 Å². The third kappa shape index (κ3) is 3.99. The lowest BCUT2D eigenvalue weighted by Crippen LogP contribution is -2.25. The monoisotopic (exact) mass is 293 g/mol. The molecule has 0 radical (unpaired) electrons. The highest BCUT2D eigenvalue weighted by Gasteiger charge is 2.14. The molecular formula is C15H17ClFN3. The fourth-order valence-corrected chi connectivity index (χ4v) is 2.26. The van der Waals surface area contributed by atoms with Crippen molar-refractivity contribution in [2.45, 2.75) is 25.8 Å². The van der Waals surface area contributed by atoms with E-state index < -0.39 is 0 Å². The van der Waals surface area contributed by atoms with E-state index in [0.29, 0.717) is 11.4 Å². The third-order valence-electron chi connectivity index (χ3n) is 3.04. The smallest absolute Gasteiger partial charge is 0.124 e. The minimum Gasteiger partial charge on any atom is -0.308 e. The van der Waals surface area contributed by atoms with Gasteiger partial charge in [-0.25, -0.2) is 14.4 Å². The largest absolute Gasteiger partial charge is 0.308 e. The van der Waals surface area contributed by atoms with Crippen molar-refractivity contribution in [3.63, 3.8) is 0 Å². The van der Waals surface area contributed by atoms with Gasteiger partial charge < -0.3 is 5.32 Å². The zero-order valence-corrected chi connectivity index (χ0v) is 12.1. The average Bonchev–Trinajstić information content (AvgIpc) is 2.46. The van der Waals surface area contributed by atoms with Gasteiger partial charge in [0.15, 0.2) is 0 Å². The molecule has 1 atom stereocenters. The molecule has 0 saturated carbocycles. The van der Waals surface area contributed by atoms with Crippen molar-refractivity contribution in [2.75, 3.05) is 6.54 Å². The van der Waals surface area contributed by atoms with Gasteiger partial charge in [-0.05, 0) is 43.1 Å². The predicted molar refractivity (Wildman–Crippen MR) is 78.2 cm³/mol. The molecule has 0 aliphatic rings. The van der Waals surface area contributed by atoms with Crippen LogP contribution in [0.4, 0.5) is 4.39 Å². The van der Waals surface area contributed by atoms with Crippen LogP contribution in [0.3, 0.4) is 0 Å². The van der Waals surface area contributed by atoms with E-state index in [1.165, 1.54) is 18.5 Å². The Labute approximate surface area is 123 Å². The van der Waals surface area contributed by atoms with Gasteiger partial charge in [0.2, 0.25) is 0 Å². The molecule has 106 valence electrons. The van der Waals surface area contributed by atoms with Crippen LogP contribution in [0.25, 0.3) is 0 Å². The number of hydrogen-bond acceptors (Lipinski definition) is 3. The molecule has 1 heterocycles. The lowest BCUT2D eigenvalue weighted by molar-refractivity contribution is 0.516. The van der Waals surface area contributed by atoms with Crippen molar-refractivity contribution in [1.29, 1.82) is 0 Å². The summed E-state index contributed by atoms with van der Waals surface area (Å²) in [6.07, 6.45) is 4.94. The highest BCUT2D eigenvalue weighted by atomic mass is 35.5. The summed E-state index contributed by atoms with van der Waals surface area (Å²) in [6, 6.07) is 6.41. The number of aromatic nitrogens is 2. The number of benzene rings is 1. The number of nitrogens with zero attached hydrogens (tertiary/aromatic N) is 2. The van der Waals surface area contributed by atoms with E-state index in [2.05, 4.69) is 22.2 Å². The highest BCUT2D eigenvalue weighted by molar-refractivity contribution is 6.31. The number of hydrogen-bond donors (Lipinski definition) is 1. The van der Waals surface area contributed by atoms with Crippen molar-refractivity contribution < 1.29 is 4.39 Å². The fraction of sp³-hybridized carbons (Fsp3) is 0.333. The number of rotatable bonds is 6. The van der Waals surface area contributed by atoms with Crippen LogP contribution in [0.1, 0.15) is 30.6 Å². The second-order valence-electron chi connectivity index (χ2n) is 4.58. The Kier molecular flexibility index (Phi) is 5.44. The number of nitrogens with one attached hydrogen (secondary N) is 1. The maximum absolute atomic E-state index is 13.1. The van der Waals surface area contributed by atoms with Crippen LogP contribution in [0.5, 0.6) is 0 Å². The first-order valence-electron chi connectivity index (χ1n) is 6.64. The van der Waals surface area contributed by atoms with E-state index in [0.717, 1.165) is 24.2 Å². The Morgan fingerprint density at radius 1 is 1.35 bits per heavy atom. The van der Waals surface area contributed by atoms with Crippen LogP contribution >= 0.6 is 11.6 Å². The maximum Gasteiger partial charge on any atom is 0.124 e. The molecule has 5 heteroatoms. The minimum atomic E-state index is -0.321. The van der Waals surface area contributed by atoms with Crippen molar-refractivity contribution in [1.82, 2.24) is 15.3 Å². The van der Waals surface area contributed by atoms with Crippen LogP contribution in [0, 0.1) is 5.82 Å². The molecule has 0 spiro atoms. The Morgan fingerprint density at radius 2 is 2.20 bits per heavy atom. The Balaban J connectivity index is 2.19. The Hall–Kier alpha value is -1.52. The van der Waals surface area contributed by atoms with Gasteiger partial charge in [-0.3, -0.25) is 0 Å². The maximum atomic E-state index is 13.1. The summed E-state index contributed by atoms with van der Waals surface area (Å²) < 4.78 is 13.1. The minimum absolute atomic E-state index is 0.0425. The van der Waals surface area contributed by atoms with Crippen LogP contribution in [0.15, 0.2) is 36.8 Å². The van der Waals surface area contributed by atoms with Gasteiger partial charge in [0, 0.05) is 11.2 Å². The summed E-state index contributed by atoms with van der Waals surface area (Å²) in [5, 5.41) is 3.88. The van der Waals surface area contributed by atoms with Gasteiger partial charge in [-0.1, -0.05) is 24.6 Å². The standard InChI is InChI=1S/C15H17ClFN3/c1-2-6-19-15(14-5-7-18-10-20-14)8-11-3-4-12(17)9-13(11)16/h3-5,7,9-10,15,19H,2,6,8H2,1H3. The summed E-state index contributed by atoms with van der Waals surface area (Å²) in [6.45, 7) is 2.99. The van der Waals surface area contributed by atoms with E-state index in [-0.39, 0.29) is 11.9 Å². The molecule has 0 bridgehead atoms. The van der Waals surface area contributed by atoms with E-state index in [9.17, 15) is 4.39 Å². The molecule has 0 fully saturated rings. The Morgan fingerprint density at radius 3 is 2.85 bits per heavy atom. The molecule has 1 N–H and O–H groups in total. The van der Waals surface area contributed by atoms with Crippen molar-refractivity contribution >= 4 is 11.6 Å². The summed E-state index contributed by atoms with van der Waals surface area (Å²) in [5.74, 6) is -0.321. The second-order valence-corrected chi connectivity index (χ2v) is 4.99. The van der Waals surface area contributed by atoms with Gasteiger partial charge in [0.25, 0.3) is 0 Å². The molecule has 1 unspecified atom stereocenters. The lowest BCUT2D eigenvalue weighted by Gasteiger charge is -2.18. The van der Waals surface area contributed by atoms with E-state index in [1.807, 2.05) is 6.07 Å². The molecule has 3 nitrogen and oxygen atoms in total. The number of halogens is 2. The van der Waals surface area contributed by atoms with Gasteiger partial charge in [-0.2, -0.15) is 0 Å². The molecular weight excluding hydrogens is 277 g/mol. The molecule has 20 heavy (non-hydrogen) atoms. The first kappa shape index (κ1) is 14.9. The molecule has 2 rings (SSSR count).